The van der Waals surface area contributed by atoms with Crippen molar-refractivity contribution in [3.8, 4) is 0 Å². The fourth-order valence-electron chi connectivity index (χ4n) is 2.36. The summed E-state index contributed by atoms with van der Waals surface area (Å²) < 4.78 is 10.0. The zero-order valence-electron chi connectivity index (χ0n) is 18.9. The van der Waals surface area contributed by atoms with Gasteiger partial charge in [-0.25, -0.2) is 19.2 Å². The molecular formula is C20H36N4O6. The number of hydrogen-bond donors (Lipinski definition) is 2. The third kappa shape index (κ3) is 11.3. The highest BCUT2D eigenvalue weighted by atomic mass is 16.5. The van der Waals surface area contributed by atoms with Gasteiger partial charge in [-0.2, -0.15) is 0 Å². The van der Waals surface area contributed by atoms with Crippen molar-refractivity contribution in [1.29, 1.82) is 0 Å². The van der Waals surface area contributed by atoms with Gasteiger partial charge in [0.1, 0.15) is 13.2 Å². The maximum Gasteiger partial charge on any atom is 0.331 e. The van der Waals surface area contributed by atoms with Crippen molar-refractivity contribution >= 4 is 24.0 Å². The van der Waals surface area contributed by atoms with E-state index in [9.17, 15) is 19.2 Å². The van der Waals surface area contributed by atoms with Gasteiger partial charge in [0.25, 0.3) is 0 Å². The van der Waals surface area contributed by atoms with Crippen molar-refractivity contribution < 1.29 is 28.7 Å². The summed E-state index contributed by atoms with van der Waals surface area (Å²) >= 11 is 0. The molecule has 0 saturated carbocycles. The Bertz CT molecular complexity index is 538. The molecule has 172 valence electrons. The first-order valence-electron chi connectivity index (χ1n) is 10.3. The summed E-state index contributed by atoms with van der Waals surface area (Å²) in [6, 6.07) is -1.22. The van der Waals surface area contributed by atoms with E-state index in [1.54, 1.807) is 23.6 Å². The van der Waals surface area contributed by atoms with Crippen LogP contribution in [0.25, 0.3) is 0 Å². The van der Waals surface area contributed by atoms with E-state index in [0.29, 0.717) is 26.2 Å². The van der Waals surface area contributed by atoms with Crippen LogP contribution >= 0.6 is 0 Å². The Morgan fingerprint density at radius 3 is 1.27 bits per heavy atom. The quantitative estimate of drug-likeness (QED) is 0.359. The summed E-state index contributed by atoms with van der Waals surface area (Å²) in [7, 11) is 0. The minimum atomic E-state index is -0.723. The zero-order chi connectivity index (χ0) is 23.1. The van der Waals surface area contributed by atoms with Crippen LogP contribution in [-0.4, -0.2) is 85.3 Å². The Labute approximate surface area is 178 Å². The second-order valence-electron chi connectivity index (χ2n) is 6.64. The Morgan fingerprint density at radius 2 is 1.00 bits per heavy atom. The molecule has 0 aromatic heterocycles. The van der Waals surface area contributed by atoms with Crippen LogP contribution in [0.1, 0.15) is 41.5 Å². The van der Waals surface area contributed by atoms with Crippen LogP contribution in [-0.2, 0) is 19.1 Å². The first kappa shape index (κ1) is 27.2. The van der Waals surface area contributed by atoms with Gasteiger partial charge in [-0.1, -0.05) is 0 Å². The van der Waals surface area contributed by atoms with E-state index in [2.05, 4.69) is 10.6 Å². The highest BCUT2D eigenvalue weighted by molar-refractivity contribution is 5.91. The molecule has 0 saturated heterocycles. The second kappa shape index (κ2) is 15.1. The minimum Gasteiger partial charge on any atom is -0.460 e. The lowest BCUT2D eigenvalue weighted by atomic mass is 10.3. The molecular weight excluding hydrogens is 392 g/mol. The van der Waals surface area contributed by atoms with Crippen LogP contribution in [0.15, 0.2) is 12.2 Å². The predicted octanol–water partition coefficient (Wildman–Crippen LogP) is 1.51. The van der Waals surface area contributed by atoms with Crippen molar-refractivity contribution in [2.75, 3.05) is 39.4 Å². The molecule has 0 spiro atoms. The third-order valence-corrected chi connectivity index (χ3v) is 4.15. The van der Waals surface area contributed by atoms with E-state index >= 15 is 0 Å². The lowest BCUT2D eigenvalue weighted by Crippen LogP contribution is -2.45. The van der Waals surface area contributed by atoms with E-state index in [1.165, 1.54) is 0 Å². The summed E-state index contributed by atoms with van der Waals surface area (Å²) in [5.41, 5.74) is 0. The highest BCUT2D eigenvalue weighted by Gasteiger charge is 2.15. The second-order valence-corrected chi connectivity index (χ2v) is 6.64. The van der Waals surface area contributed by atoms with Crippen LogP contribution in [0.4, 0.5) is 9.59 Å². The van der Waals surface area contributed by atoms with Crippen LogP contribution in [0.2, 0.25) is 0 Å². The van der Waals surface area contributed by atoms with Crippen molar-refractivity contribution in [3.05, 3.63) is 12.2 Å². The topological polar surface area (TPSA) is 117 Å². The first-order valence-corrected chi connectivity index (χ1v) is 10.3. The Morgan fingerprint density at radius 1 is 0.700 bits per heavy atom. The summed E-state index contributed by atoms with van der Waals surface area (Å²) in [5, 5.41) is 5.45. The van der Waals surface area contributed by atoms with E-state index in [0.717, 1.165) is 12.2 Å². The summed E-state index contributed by atoms with van der Waals surface area (Å²) in [6.07, 6.45) is 1.92. The lowest BCUT2D eigenvalue weighted by Gasteiger charge is -2.22. The third-order valence-electron chi connectivity index (χ3n) is 4.15. The number of nitrogens with one attached hydrogen (secondary N) is 2. The molecule has 0 aromatic carbocycles. The van der Waals surface area contributed by atoms with Gasteiger partial charge in [-0.3, -0.25) is 0 Å². The van der Waals surface area contributed by atoms with E-state index < -0.39 is 11.9 Å². The fourth-order valence-corrected chi connectivity index (χ4v) is 2.36. The van der Waals surface area contributed by atoms with E-state index in [-0.39, 0.29) is 37.4 Å². The number of hydrogen-bond acceptors (Lipinski definition) is 6. The number of esters is 2. The van der Waals surface area contributed by atoms with Crippen LogP contribution in [0.3, 0.4) is 0 Å². The fraction of sp³-hybridized carbons (Fsp3) is 0.700. The summed E-state index contributed by atoms with van der Waals surface area (Å²) in [4.78, 5) is 50.5. The van der Waals surface area contributed by atoms with E-state index in [1.807, 2.05) is 27.7 Å². The molecule has 0 rings (SSSR count). The van der Waals surface area contributed by atoms with Crippen molar-refractivity contribution in [3.63, 3.8) is 0 Å². The molecule has 0 aliphatic rings. The molecule has 0 bridgehead atoms. The van der Waals surface area contributed by atoms with Gasteiger partial charge < -0.3 is 29.9 Å². The molecule has 10 nitrogen and oxygen atoms in total. The number of carbonyl (C=O) groups is 4. The lowest BCUT2D eigenvalue weighted by molar-refractivity contribution is -0.141. The molecule has 0 aromatic rings. The molecule has 10 heteroatoms. The largest absolute Gasteiger partial charge is 0.460 e. The average Bonchev–Trinajstić information content (AvgIpc) is 2.70. The molecule has 0 radical (unpaired) electrons. The Kier molecular flexibility index (Phi) is 13.7. The van der Waals surface area contributed by atoms with Crippen LogP contribution < -0.4 is 10.6 Å². The standard InChI is InChI=1S/C20H36N4O6/c1-7-23(8-2)19(27)21-15(5)13-29-17(25)11-12-18(26)30-14-16(6)22-20(28)24(9-3)10-4/h11-12,15-16H,7-10,13-14H2,1-6H3,(H,21,27)(H,22,28)/b12-11+/t15-,16-/m1/s1. The SMILES string of the molecule is CCN(CC)C(=O)N[C@H](C)COC(=O)/C=C/C(=O)OC[C@@H](C)NC(=O)N(CC)CC. The van der Waals surface area contributed by atoms with Crippen LogP contribution in [0.5, 0.6) is 0 Å². The molecule has 0 fully saturated rings. The van der Waals surface area contributed by atoms with Crippen molar-refractivity contribution in [1.82, 2.24) is 20.4 Å². The zero-order valence-corrected chi connectivity index (χ0v) is 18.9. The van der Waals surface area contributed by atoms with Gasteiger partial charge in [0.2, 0.25) is 0 Å². The van der Waals surface area contributed by atoms with Gasteiger partial charge in [0, 0.05) is 38.3 Å². The molecule has 4 amide bonds. The molecule has 2 atom stereocenters. The molecule has 2 N–H and O–H groups in total. The number of ether oxygens (including phenoxy) is 2. The van der Waals surface area contributed by atoms with Crippen molar-refractivity contribution in [2.24, 2.45) is 0 Å². The number of carbonyl (C=O) groups excluding carboxylic acids is 4. The summed E-state index contributed by atoms with van der Waals surface area (Å²) in [6.45, 7) is 13.2. The van der Waals surface area contributed by atoms with Gasteiger partial charge in [-0.15, -0.1) is 0 Å². The first-order chi connectivity index (χ1) is 14.2. The molecule has 0 aliphatic carbocycles. The molecule has 30 heavy (non-hydrogen) atoms. The normalized spacial score (nSPS) is 12.6. The van der Waals surface area contributed by atoms with Crippen LogP contribution in [0, 0.1) is 0 Å². The maximum absolute atomic E-state index is 11.9. The van der Waals surface area contributed by atoms with Gasteiger partial charge in [0.05, 0.1) is 12.1 Å². The van der Waals surface area contributed by atoms with Gasteiger partial charge >= 0.3 is 24.0 Å². The number of nitrogens with zero attached hydrogens (tertiary/aromatic N) is 2. The monoisotopic (exact) mass is 428 g/mol. The van der Waals surface area contributed by atoms with Crippen molar-refractivity contribution in [2.45, 2.75) is 53.6 Å². The smallest absolute Gasteiger partial charge is 0.331 e. The minimum absolute atomic E-state index is 0.0281. The summed E-state index contributed by atoms with van der Waals surface area (Å²) in [5.74, 6) is -1.45. The van der Waals surface area contributed by atoms with Gasteiger partial charge in [-0.05, 0) is 41.5 Å². The molecule has 0 aliphatic heterocycles. The average molecular weight is 429 g/mol. The predicted molar refractivity (Wildman–Crippen MR) is 113 cm³/mol. The number of amides is 4. The highest BCUT2D eigenvalue weighted by Crippen LogP contribution is 1.95. The molecule has 0 unspecified atom stereocenters. The number of urea groups is 2. The Balaban J connectivity index is 4.22. The number of rotatable bonds is 12. The van der Waals surface area contributed by atoms with E-state index in [4.69, 9.17) is 9.47 Å². The van der Waals surface area contributed by atoms with Gasteiger partial charge in [0.15, 0.2) is 0 Å². The molecule has 0 heterocycles. The Hall–Kier alpha value is -2.78. The maximum atomic E-state index is 11.9.